The van der Waals surface area contributed by atoms with Crippen molar-refractivity contribution in [1.29, 1.82) is 0 Å². The highest BCUT2D eigenvalue weighted by Gasteiger charge is 2.33. The maximum absolute atomic E-state index is 8.99. The molecule has 2 unspecified atom stereocenters. The highest BCUT2D eigenvalue weighted by molar-refractivity contribution is 6.66. The Kier molecular flexibility index (Phi) is 8.17. The molecule has 19 heavy (non-hydrogen) atoms. The third kappa shape index (κ3) is 6.86. The maximum atomic E-state index is 8.99. The molecule has 1 rings (SSSR count). The van der Waals surface area contributed by atoms with Crippen LogP contribution in [0, 0.1) is 0 Å². The summed E-state index contributed by atoms with van der Waals surface area (Å²) in [6.45, 7) is 7.09. The van der Waals surface area contributed by atoms with Crippen LogP contribution < -0.4 is 5.32 Å². The van der Waals surface area contributed by atoms with Crippen LogP contribution in [-0.4, -0.2) is 39.2 Å². The first-order valence-electron chi connectivity index (χ1n) is 7.78. The van der Waals surface area contributed by atoms with Crippen LogP contribution in [0.4, 0.5) is 0 Å². The van der Waals surface area contributed by atoms with Gasteiger partial charge in [-0.2, -0.15) is 0 Å². The minimum Gasteiger partial charge on any atom is -0.396 e. The molecule has 0 aliphatic heterocycles. The number of hydrogen-bond acceptors (Lipinski definition) is 4. The Balaban J connectivity index is 2.38. The summed E-state index contributed by atoms with van der Waals surface area (Å²) in [6, 6.07) is 1.45. The molecule has 0 radical (unpaired) electrons. The number of nitrogens with one attached hydrogen (secondary N) is 1. The van der Waals surface area contributed by atoms with Crippen molar-refractivity contribution in [2.75, 3.05) is 13.2 Å². The fourth-order valence-corrected chi connectivity index (χ4v) is 5.44. The molecule has 1 aliphatic rings. The van der Waals surface area contributed by atoms with Crippen LogP contribution in [0.3, 0.4) is 0 Å². The van der Waals surface area contributed by atoms with Gasteiger partial charge in [0.15, 0.2) is 0 Å². The molecule has 4 nitrogen and oxygen atoms in total. The monoisotopic (exact) mass is 289 g/mol. The van der Waals surface area contributed by atoms with Gasteiger partial charge in [-0.25, -0.2) is 0 Å². The van der Waals surface area contributed by atoms with Gasteiger partial charge in [0.1, 0.15) is 0 Å². The largest absolute Gasteiger partial charge is 0.396 e. The first-order chi connectivity index (χ1) is 9.09. The fraction of sp³-hybridized carbons (Fsp3) is 1.00. The lowest BCUT2D eigenvalue weighted by Crippen LogP contribution is -2.48. The van der Waals surface area contributed by atoms with Gasteiger partial charge >= 0.3 is 8.56 Å². The smallest absolute Gasteiger partial charge is 0.336 e. The Morgan fingerprint density at radius 1 is 1.32 bits per heavy atom. The Morgan fingerprint density at radius 3 is 2.58 bits per heavy atom. The van der Waals surface area contributed by atoms with E-state index in [9.17, 15) is 0 Å². The van der Waals surface area contributed by atoms with E-state index < -0.39 is 8.56 Å². The van der Waals surface area contributed by atoms with E-state index in [0.717, 1.165) is 12.5 Å². The van der Waals surface area contributed by atoms with Gasteiger partial charge < -0.3 is 14.0 Å². The van der Waals surface area contributed by atoms with Crippen LogP contribution in [0.25, 0.3) is 0 Å². The minimum atomic E-state index is -2.14. The molecule has 0 aromatic heterocycles. The molecule has 5 heteroatoms. The van der Waals surface area contributed by atoms with E-state index >= 15 is 0 Å². The topological polar surface area (TPSA) is 50.7 Å². The second-order valence-electron chi connectivity index (χ2n) is 5.66. The van der Waals surface area contributed by atoms with Crippen LogP contribution in [0.2, 0.25) is 12.6 Å². The van der Waals surface area contributed by atoms with Crippen LogP contribution in [0.1, 0.15) is 52.4 Å². The predicted molar refractivity (Wildman–Crippen MR) is 80.3 cm³/mol. The molecular formula is C14H31NO3Si. The van der Waals surface area contributed by atoms with E-state index in [4.69, 9.17) is 14.0 Å². The van der Waals surface area contributed by atoms with Gasteiger partial charge in [-0.3, -0.25) is 5.32 Å². The highest BCUT2D eigenvalue weighted by Crippen LogP contribution is 2.20. The molecule has 0 spiro atoms. The number of aliphatic hydroxyl groups excluding tert-OH is 1. The van der Waals surface area contributed by atoms with Crippen molar-refractivity contribution in [3.63, 3.8) is 0 Å². The third-order valence-corrected chi connectivity index (χ3v) is 6.75. The molecule has 114 valence electrons. The van der Waals surface area contributed by atoms with Crippen molar-refractivity contribution in [3.05, 3.63) is 0 Å². The lowest BCUT2D eigenvalue weighted by Gasteiger charge is -2.33. The Labute approximate surface area is 119 Å². The standard InChI is InChI=1S/C14H31NO3Si/c1-4-17-19(3,12-8-11-16)18-13(2)15-14-9-6-5-7-10-14/h13-16H,4-12H2,1-3H3. The molecule has 1 fully saturated rings. The fourth-order valence-electron chi connectivity index (χ4n) is 2.88. The third-order valence-electron chi connectivity index (χ3n) is 3.74. The number of rotatable bonds is 9. The molecule has 2 N–H and O–H groups in total. The van der Waals surface area contributed by atoms with Crippen LogP contribution >= 0.6 is 0 Å². The summed E-state index contributed by atoms with van der Waals surface area (Å²) >= 11 is 0. The first-order valence-corrected chi connectivity index (χ1v) is 10.3. The molecule has 0 aromatic rings. The highest BCUT2D eigenvalue weighted by atomic mass is 28.4. The second kappa shape index (κ2) is 9.08. The Hall–Kier alpha value is 0.0569. The summed E-state index contributed by atoms with van der Waals surface area (Å²) < 4.78 is 12.0. The summed E-state index contributed by atoms with van der Waals surface area (Å²) in [5.74, 6) is 0. The van der Waals surface area contributed by atoms with Gasteiger partial charge in [0, 0.05) is 19.3 Å². The number of hydrogen-bond donors (Lipinski definition) is 2. The molecule has 0 aromatic carbocycles. The van der Waals surface area contributed by atoms with Crippen LogP contribution in [0.5, 0.6) is 0 Å². The average Bonchev–Trinajstić information content (AvgIpc) is 2.37. The number of aliphatic hydroxyl groups is 1. The molecule has 0 saturated heterocycles. The van der Waals surface area contributed by atoms with Crippen molar-refractivity contribution < 1.29 is 14.0 Å². The Bertz CT molecular complexity index is 237. The molecule has 1 saturated carbocycles. The van der Waals surface area contributed by atoms with E-state index in [1.807, 2.05) is 6.92 Å². The summed E-state index contributed by atoms with van der Waals surface area (Å²) in [6.07, 6.45) is 7.36. The summed E-state index contributed by atoms with van der Waals surface area (Å²) in [5, 5.41) is 12.6. The van der Waals surface area contributed by atoms with Crippen LogP contribution in [0.15, 0.2) is 0 Å². The summed E-state index contributed by atoms with van der Waals surface area (Å²) in [4.78, 5) is 0. The van der Waals surface area contributed by atoms with Gasteiger partial charge in [-0.15, -0.1) is 0 Å². The zero-order valence-electron chi connectivity index (χ0n) is 12.8. The van der Waals surface area contributed by atoms with E-state index in [1.165, 1.54) is 32.1 Å². The molecule has 2 atom stereocenters. The van der Waals surface area contributed by atoms with Gasteiger partial charge in [0.2, 0.25) is 0 Å². The molecule has 1 aliphatic carbocycles. The SMILES string of the molecule is CCO[Si](C)(CCCO)OC(C)NC1CCCCC1. The molecule has 0 heterocycles. The molecule has 0 bridgehead atoms. The van der Waals surface area contributed by atoms with Gasteiger partial charge in [-0.05, 0) is 45.7 Å². The first kappa shape index (κ1) is 17.1. The van der Waals surface area contributed by atoms with Crippen molar-refractivity contribution in [3.8, 4) is 0 Å². The molecule has 0 amide bonds. The van der Waals surface area contributed by atoms with Gasteiger partial charge in [0.05, 0.1) is 6.23 Å². The van der Waals surface area contributed by atoms with Crippen LogP contribution in [-0.2, 0) is 8.85 Å². The summed E-state index contributed by atoms with van der Waals surface area (Å²) in [5.41, 5.74) is 0. The van der Waals surface area contributed by atoms with E-state index in [2.05, 4.69) is 18.8 Å². The average molecular weight is 289 g/mol. The normalized spacial score (nSPS) is 22.1. The lowest BCUT2D eigenvalue weighted by molar-refractivity contribution is 0.0920. The Morgan fingerprint density at radius 2 is 2.00 bits per heavy atom. The van der Waals surface area contributed by atoms with Crippen molar-refractivity contribution in [2.24, 2.45) is 0 Å². The van der Waals surface area contributed by atoms with Gasteiger partial charge in [-0.1, -0.05) is 19.3 Å². The predicted octanol–water partition coefficient (Wildman–Crippen LogP) is 2.76. The van der Waals surface area contributed by atoms with Crippen molar-refractivity contribution >= 4 is 8.56 Å². The zero-order valence-corrected chi connectivity index (χ0v) is 13.8. The quantitative estimate of drug-likeness (QED) is 0.506. The lowest BCUT2D eigenvalue weighted by atomic mass is 9.95. The van der Waals surface area contributed by atoms with E-state index in [-0.39, 0.29) is 12.8 Å². The summed E-state index contributed by atoms with van der Waals surface area (Å²) in [7, 11) is -2.14. The van der Waals surface area contributed by atoms with E-state index in [0.29, 0.717) is 12.6 Å². The zero-order chi connectivity index (χ0) is 14.1. The maximum Gasteiger partial charge on any atom is 0.336 e. The van der Waals surface area contributed by atoms with Gasteiger partial charge in [0.25, 0.3) is 0 Å². The molecular weight excluding hydrogens is 258 g/mol. The van der Waals surface area contributed by atoms with E-state index in [1.54, 1.807) is 0 Å². The van der Waals surface area contributed by atoms with Crippen molar-refractivity contribution in [2.45, 2.75) is 77.2 Å². The second-order valence-corrected chi connectivity index (χ2v) is 8.95. The minimum absolute atomic E-state index is 0.0463. The van der Waals surface area contributed by atoms with Crippen molar-refractivity contribution in [1.82, 2.24) is 5.32 Å².